The van der Waals surface area contributed by atoms with Crippen molar-refractivity contribution < 1.29 is 75.8 Å². The van der Waals surface area contributed by atoms with Gasteiger partial charge in [0.05, 0.1) is 26.4 Å². The summed E-state index contributed by atoms with van der Waals surface area (Å²) in [6, 6.07) is 0. The molecule has 0 aromatic rings. The molecule has 5 atom stereocenters. The lowest BCUT2D eigenvalue weighted by atomic mass is 10.0. The fourth-order valence-electron chi connectivity index (χ4n) is 10.1. The minimum Gasteiger partial charge on any atom is -0.463 e. The molecule has 0 aliphatic carbocycles. The van der Waals surface area contributed by atoms with E-state index in [4.69, 9.17) is 32.3 Å². The van der Waals surface area contributed by atoms with Crippen LogP contribution in [0.5, 0.6) is 0 Å². The monoisotopic (exact) mass is 1450 g/mol. The van der Waals surface area contributed by atoms with Crippen LogP contribution < -0.4 is 0 Å². The van der Waals surface area contributed by atoms with Gasteiger partial charge in [0.1, 0.15) is 25.4 Å². The first-order valence-corrected chi connectivity index (χ1v) is 42.1. The van der Waals surface area contributed by atoms with Crippen molar-refractivity contribution in [3.05, 3.63) is 146 Å². The van der Waals surface area contributed by atoms with E-state index in [1.807, 2.05) is 0 Å². The summed E-state index contributed by atoms with van der Waals surface area (Å²) in [4.78, 5) is 58.6. The molecule has 0 rings (SSSR count). The number of carbonyl (C=O) groups is 3. The average molecular weight is 1460 g/mol. The molecule has 101 heavy (non-hydrogen) atoms. The van der Waals surface area contributed by atoms with Gasteiger partial charge in [-0.3, -0.25) is 32.5 Å². The number of aliphatic hydroxyl groups excluding tert-OH is 2. The minimum absolute atomic E-state index is 0.0844. The fourth-order valence-corrected chi connectivity index (χ4v) is 11.7. The van der Waals surface area contributed by atoms with Gasteiger partial charge in [0.2, 0.25) is 0 Å². The first kappa shape index (κ1) is 96.4. The second-order valence-electron chi connectivity index (χ2n) is 25.7. The van der Waals surface area contributed by atoms with E-state index in [2.05, 4.69) is 167 Å². The van der Waals surface area contributed by atoms with E-state index in [9.17, 15) is 43.5 Å². The van der Waals surface area contributed by atoms with E-state index < -0.39 is 91.5 Å². The number of unbranched alkanes of at least 4 members (excludes halogenated alkanes) is 26. The van der Waals surface area contributed by atoms with Gasteiger partial charge in [-0.1, -0.05) is 289 Å². The number of aliphatic hydroxyl groups is 2. The third-order valence-electron chi connectivity index (χ3n) is 16.0. The molecule has 0 saturated carbocycles. The Morgan fingerprint density at radius 1 is 0.287 bits per heavy atom. The minimum atomic E-state index is -4.94. The molecule has 0 aliphatic heterocycles. The third kappa shape index (κ3) is 76.4. The molecule has 0 aromatic heterocycles. The van der Waals surface area contributed by atoms with Crippen LogP contribution in [-0.2, 0) is 55.8 Å². The van der Waals surface area contributed by atoms with Crippen LogP contribution >= 0.6 is 15.6 Å². The van der Waals surface area contributed by atoms with Gasteiger partial charge >= 0.3 is 33.6 Å². The quantitative estimate of drug-likeness (QED) is 0.0146. The molecular formula is C83H140O16P2. The highest BCUT2D eigenvalue weighted by atomic mass is 31.2. The van der Waals surface area contributed by atoms with E-state index in [0.717, 1.165) is 154 Å². The zero-order valence-corrected chi connectivity index (χ0v) is 64.8. The summed E-state index contributed by atoms with van der Waals surface area (Å²) in [5.74, 6) is -1.62. The van der Waals surface area contributed by atoms with E-state index in [-0.39, 0.29) is 19.3 Å². The van der Waals surface area contributed by atoms with Crippen LogP contribution in [0.2, 0.25) is 0 Å². The van der Waals surface area contributed by atoms with Gasteiger partial charge in [0, 0.05) is 19.3 Å². The third-order valence-corrected chi connectivity index (χ3v) is 17.9. The van der Waals surface area contributed by atoms with Crippen LogP contribution in [0.25, 0.3) is 0 Å². The molecule has 0 radical (unpaired) electrons. The highest BCUT2D eigenvalue weighted by molar-refractivity contribution is 7.47. The summed E-state index contributed by atoms with van der Waals surface area (Å²) in [5, 5.41) is 20.6. The SMILES string of the molecule is CC/C=C\C/C=C\C/C=C\C/C=C\C/C=C\C/C=C\CCCCCCCCCCCCCCC(=O)OCC(O)COP(=O)(O)OCC(O)COP(=O)(O)OCC(COC(=O)CCCCC/C=C\C/C=C\C/C=C\C/C=C\C/C=C\CC)OC(=O)CCCCCCC/C=C\CCCCCCCC. The molecule has 0 amide bonds. The number of hydrogen-bond acceptors (Lipinski definition) is 14. The number of rotatable bonds is 73. The number of phosphoric ester groups is 2. The van der Waals surface area contributed by atoms with E-state index >= 15 is 0 Å². The highest BCUT2D eigenvalue weighted by Gasteiger charge is 2.29. The second-order valence-corrected chi connectivity index (χ2v) is 28.7. The van der Waals surface area contributed by atoms with Crippen LogP contribution in [0.4, 0.5) is 0 Å². The van der Waals surface area contributed by atoms with Crippen LogP contribution in [0.1, 0.15) is 303 Å². The zero-order chi connectivity index (χ0) is 73.7. The molecule has 4 N–H and O–H groups in total. The predicted molar refractivity (Wildman–Crippen MR) is 417 cm³/mol. The van der Waals surface area contributed by atoms with Crippen molar-refractivity contribution in [3.63, 3.8) is 0 Å². The normalized spacial score (nSPS) is 14.8. The molecule has 16 nitrogen and oxygen atoms in total. The molecule has 578 valence electrons. The maximum Gasteiger partial charge on any atom is 0.472 e. The maximum absolute atomic E-state index is 12.9. The topological polar surface area (TPSA) is 231 Å². The van der Waals surface area contributed by atoms with Gasteiger partial charge in [-0.2, -0.15) is 0 Å². The molecule has 0 heterocycles. The molecule has 0 aliphatic rings. The Bertz CT molecular complexity index is 2420. The Kier molecular flexibility index (Phi) is 71.7. The molecule has 0 aromatic carbocycles. The van der Waals surface area contributed by atoms with Crippen molar-refractivity contribution in [2.45, 2.75) is 322 Å². The smallest absolute Gasteiger partial charge is 0.463 e. The zero-order valence-electron chi connectivity index (χ0n) is 63.0. The summed E-state index contributed by atoms with van der Waals surface area (Å²) in [7, 11) is -9.80. The Labute approximate surface area is 613 Å². The first-order valence-electron chi connectivity index (χ1n) is 39.1. The summed E-state index contributed by atoms with van der Waals surface area (Å²) in [5.41, 5.74) is 0. The van der Waals surface area contributed by atoms with Crippen LogP contribution in [-0.4, -0.2) is 95.9 Å². The maximum atomic E-state index is 12.9. The molecule has 18 heteroatoms. The molecule has 5 unspecified atom stereocenters. The number of esters is 3. The highest BCUT2D eigenvalue weighted by Crippen LogP contribution is 2.45. The van der Waals surface area contributed by atoms with Crippen molar-refractivity contribution in [3.8, 4) is 0 Å². The van der Waals surface area contributed by atoms with Crippen LogP contribution in [0.15, 0.2) is 146 Å². The van der Waals surface area contributed by atoms with Crippen molar-refractivity contribution >= 4 is 33.6 Å². The fraction of sp³-hybridized carbons (Fsp3) is 0.675. The average Bonchev–Trinajstić information content (AvgIpc) is 0.980. The molecular weight excluding hydrogens is 1310 g/mol. The summed E-state index contributed by atoms with van der Waals surface area (Å²) < 4.78 is 61.1. The molecule has 0 saturated heterocycles. The van der Waals surface area contributed by atoms with Gasteiger partial charge in [-0.25, -0.2) is 9.13 Å². The van der Waals surface area contributed by atoms with E-state index in [0.29, 0.717) is 19.3 Å². The molecule has 0 spiro atoms. The summed E-state index contributed by atoms with van der Waals surface area (Å²) >= 11 is 0. The Morgan fingerprint density at radius 2 is 0.525 bits per heavy atom. The van der Waals surface area contributed by atoms with Crippen molar-refractivity contribution in [1.82, 2.24) is 0 Å². The number of ether oxygens (including phenoxy) is 3. The van der Waals surface area contributed by atoms with Gasteiger partial charge < -0.3 is 34.2 Å². The lowest BCUT2D eigenvalue weighted by Crippen LogP contribution is -2.30. The second kappa shape index (κ2) is 75.1. The Morgan fingerprint density at radius 3 is 0.851 bits per heavy atom. The van der Waals surface area contributed by atoms with E-state index in [1.54, 1.807) is 0 Å². The number of hydrogen-bond donors (Lipinski definition) is 4. The molecule has 0 fully saturated rings. The lowest BCUT2D eigenvalue weighted by Gasteiger charge is -2.21. The van der Waals surface area contributed by atoms with Crippen LogP contribution in [0, 0.1) is 0 Å². The number of carbonyl (C=O) groups excluding carboxylic acids is 3. The Hall–Kier alpha value is -4.57. The summed E-state index contributed by atoms with van der Waals surface area (Å²) in [6.07, 6.45) is 91.9. The van der Waals surface area contributed by atoms with Crippen molar-refractivity contribution in [1.29, 1.82) is 0 Å². The largest absolute Gasteiger partial charge is 0.472 e. The standard InChI is InChI=1S/C83H140O16P2/c1-4-7-10-13-16-19-22-25-28-30-32-33-34-35-36-37-38-39-40-41-42-43-45-47-49-51-54-57-60-63-66-69-81(86)93-72-78(84)73-95-100(89,90)96-74-79(85)75-97-101(91,92)98-77-80(99-83(88)71-68-65-62-59-56-53-48-27-24-21-18-15-12-9-6-3)76-94-82(87)70-67-64-61-58-55-52-50-46-44-31-29-26-23-20-17-14-11-8-5-2/h7-8,10-11,16-17,19-20,25-29,32-33,35-36,38-39,44,46,48,52,55,78-80,84-85H,4-6,9,12-15,18,21-24,30-31,34,37,40-43,45,47,49-51,53-54,56-77H2,1-3H3,(H,89,90)(H,91,92)/b10-7-,11-8-,19-16-,20-17-,28-25-,29-26-,33-32-,36-35-,39-38-,46-44-,48-27-,55-52-. The predicted octanol–water partition coefficient (Wildman–Crippen LogP) is 22.9. The van der Waals surface area contributed by atoms with Gasteiger partial charge in [-0.15, -0.1) is 0 Å². The number of phosphoric acid groups is 2. The van der Waals surface area contributed by atoms with Gasteiger partial charge in [0.25, 0.3) is 0 Å². The van der Waals surface area contributed by atoms with E-state index in [1.165, 1.54) is 89.9 Å². The van der Waals surface area contributed by atoms with Crippen molar-refractivity contribution in [2.24, 2.45) is 0 Å². The van der Waals surface area contributed by atoms with Crippen LogP contribution in [0.3, 0.4) is 0 Å². The Balaban J connectivity index is 4.53. The first-order chi connectivity index (χ1) is 49.2. The van der Waals surface area contributed by atoms with Gasteiger partial charge in [0.15, 0.2) is 6.10 Å². The lowest BCUT2D eigenvalue weighted by molar-refractivity contribution is -0.161. The summed E-state index contributed by atoms with van der Waals surface area (Å²) in [6.45, 7) is 2.40. The molecule has 0 bridgehead atoms. The van der Waals surface area contributed by atoms with Crippen molar-refractivity contribution in [2.75, 3.05) is 39.6 Å². The number of allylic oxidation sites excluding steroid dienone is 24. The van der Waals surface area contributed by atoms with Gasteiger partial charge in [-0.05, 0) is 141 Å².